The Kier molecular flexibility index (Phi) is 52.5. The maximum absolute atomic E-state index is 12.5. The number of carbonyl (C=O) groups is 1. The van der Waals surface area contributed by atoms with Gasteiger partial charge >= 0.3 is 0 Å². The second-order valence-electron chi connectivity index (χ2n) is 19.9. The van der Waals surface area contributed by atoms with Crippen LogP contribution in [0.25, 0.3) is 0 Å². The first-order chi connectivity index (χ1) is 31.0. The van der Waals surface area contributed by atoms with Crippen LogP contribution < -0.4 is 5.32 Å². The number of carbonyl (C=O) groups excluding carboxylic acids is 1. The van der Waals surface area contributed by atoms with Crippen molar-refractivity contribution in [3.05, 3.63) is 24.3 Å². The van der Waals surface area contributed by atoms with Crippen molar-refractivity contribution < 1.29 is 20.1 Å². The Morgan fingerprint density at radius 3 is 1.00 bits per heavy atom. The fourth-order valence-electron chi connectivity index (χ4n) is 9.14. The summed E-state index contributed by atoms with van der Waals surface area (Å²) in [5.41, 5.74) is 0. The molecule has 0 heterocycles. The first kappa shape index (κ1) is 61.8. The lowest BCUT2D eigenvalue weighted by molar-refractivity contribution is -0.125. The molecule has 1 amide bonds. The molecular formula is C58H113NO4. The molecule has 0 saturated carbocycles. The molecule has 0 radical (unpaired) electrons. The minimum Gasteiger partial charge on any atom is -0.394 e. The minimum atomic E-state index is -0.747. The quantitative estimate of drug-likeness (QED) is 0.0362. The lowest BCUT2D eigenvalue weighted by Crippen LogP contribution is -2.46. The third-order valence-electron chi connectivity index (χ3n) is 13.5. The molecule has 0 fully saturated rings. The minimum absolute atomic E-state index is 0.0393. The highest BCUT2D eigenvalue weighted by Gasteiger charge is 2.21. The van der Waals surface area contributed by atoms with Crippen LogP contribution in [0.2, 0.25) is 0 Å². The molecule has 0 aliphatic rings. The predicted octanol–water partition coefficient (Wildman–Crippen LogP) is 17.7. The fourth-order valence-corrected chi connectivity index (χ4v) is 9.14. The number of aliphatic hydroxyl groups excluding tert-OH is 3. The van der Waals surface area contributed by atoms with E-state index in [0.717, 1.165) is 32.1 Å². The van der Waals surface area contributed by atoms with Crippen LogP contribution in [0.4, 0.5) is 0 Å². The fraction of sp³-hybridized carbons (Fsp3) is 0.914. The molecule has 0 aromatic carbocycles. The molecule has 3 unspecified atom stereocenters. The van der Waals surface area contributed by atoms with Gasteiger partial charge in [-0.2, -0.15) is 0 Å². The number of nitrogens with one attached hydrogen (secondary N) is 1. The average Bonchev–Trinajstić information content (AvgIpc) is 3.28. The van der Waals surface area contributed by atoms with Crippen LogP contribution in [0, 0.1) is 0 Å². The molecule has 0 bridgehead atoms. The molecule has 0 aromatic heterocycles. The Morgan fingerprint density at radius 1 is 0.397 bits per heavy atom. The van der Waals surface area contributed by atoms with Gasteiger partial charge in [-0.25, -0.2) is 0 Å². The van der Waals surface area contributed by atoms with Crippen LogP contribution >= 0.6 is 0 Å². The van der Waals surface area contributed by atoms with Crippen molar-refractivity contribution >= 4 is 5.91 Å². The number of unbranched alkanes of at least 4 members (excludes halogenated alkanes) is 40. The van der Waals surface area contributed by atoms with E-state index in [1.54, 1.807) is 0 Å². The van der Waals surface area contributed by atoms with Crippen molar-refractivity contribution in [1.82, 2.24) is 5.32 Å². The maximum Gasteiger partial charge on any atom is 0.222 e. The van der Waals surface area contributed by atoms with Gasteiger partial charge in [0.05, 0.1) is 31.3 Å². The zero-order valence-electron chi connectivity index (χ0n) is 42.7. The monoisotopic (exact) mass is 888 g/mol. The van der Waals surface area contributed by atoms with E-state index >= 15 is 0 Å². The van der Waals surface area contributed by atoms with Gasteiger partial charge in [0.1, 0.15) is 0 Å². The largest absolute Gasteiger partial charge is 0.394 e. The van der Waals surface area contributed by atoms with Gasteiger partial charge in [0.2, 0.25) is 5.91 Å². The van der Waals surface area contributed by atoms with E-state index in [9.17, 15) is 20.1 Å². The summed E-state index contributed by atoms with van der Waals surface area (Å²) in [6, 6.07) is -0.657. The van der Waals surface area contributed by atoms with Crippen LogP contribution in [0.3, 0.4) is 0 Å². The summed E-state index contributed by atoms with van der Waals surface area (Å²) in [7, 11) is 0. The van der Waals surface area contributed by atoms with Crippen LogP contribution in [-0.2, 0) is 4.79 Å². The molecule has 5 nitrogen and oxygen atoms in total. The SMILES string of the molecule is CCCCCCCCCCCCC/C=C\C/C=C\CCCCCCCCCCCCCCCCCC(O)CC(=O)NC(CO)C(O)CCCCCCCCCCCCCCCCC. The molecule has 63 heavy (non-hydrogen) atoms. The Morgan fingerprint density at radius 2 is 0.683 bits per heavy atom. The zero-order valence-corrected chi connectivity index (χ0v) is 42.7. The molecule has 0 rings (SSSR count). The third-order valence-corrected chi connectivity index (χ3v) is 13.5. The van der Waals surface area contributed by atoms with E-state index in [-0.39, 0.29) is 18.9 Å². The lowest BCUT2D eigenvalue weighted by atomic mass is 10.0. The van der Waals surface area contributed by atoms with Crippen molar-refractivity contribution in [2.24, 2.45) is 0 Å². The molecule has 0 aliphatic carbocycles. The summed E-state index contributed by atoms with van der Waals surface area (Å²) in [4.78, 5) is 12.5. The Labute approximate surface area is 394 Å². The third kappa shape index (κ3) is 50.1. The van der Waals surface area contributed by atoms with Crippen LogP contribution in [0.5, 0.6) is 0 Å². The van der Waals surface area contributed by atoms with Crippen molar-refractivity contribution in [2.45, 2.75) is 334 Å². The van der Waals surface area contributed by atoms with Crippen molar-refractivity contribution in [3.8, 4) is 0 Å². The Balaban J connectivity index is 3.48. The van der Waals surface area contributed by atoms with Crippen molar-refractivity contribution in [3.63, 3.8) is 0 Å². The summed E-state index contributed by atoms with van der Waals surface area (Å²) in [5.74, 6) is -0.279. The predicted molar refractivity (Wildman–Crippen MR) is 278 cm³/mol. The molecular weight excluding hydrogens is 775 g/mol. The van der Waals surface area contributed by atoms with Crippen LogP contribution in [0.15, 0.2) is 24.3 Å². The van der Waals surface area contributed by atoms with Crippen molar-refractivity contribution in [2.75, 3.05) is 6.61 Å². The van der Waals surface area contributed by atoms with Gasteiger partial charge < -0.3 is 20.6 Å². The normalized spacial score (nSPS) is 13.4. The molecule has 0 aliphatic heterocycles. The molecule has 0 spiro atoms. The summed E-state index contributed by atoms with van der Waals surface area (Å²) in [6.07, 6.45) is 67.7. The van der Waals surface area contributed by atoms with Gasteiger partial charge in [-0.1, -0.05) is 289 Å². The number of rotatable bonds is 53. The second kappa shape index (κ2) is 53.4. The molecule has 4 N–H and O–H groups in total. The van der Waals surface area contributed by atoms with Gasteiger partial charge in [-0.3, -0.25) is 4.79 Å². The highest BCUT2D eigenvalue weighted by atomic mass is 16.3. The average molecular weight is 889 g/mol. The van der Waals surface area contributed by atoms with E-state index < -0.39 is 18.2 Å². The van der Waals surface area contributed by atoms with Crippen LogP contribution in [-0.4, -0.2) is 46.1 Å². The van der Waals surface area contributed by atoms with E-state index in [4.69, 9.17) is 0 Å². The number of hydrogen-bond acceptors (Lipinski definition) is 4. The van der Waals surface area contributed by atoms with Crippen LogP contribution in [0.1, 0.15) is 316 Å². The number of hydrogen-bond donors (Lipinski definition) is 4. The highest BCUT2D eigenvalue weighted by molar-refractivity contribution is 5.76. The van der Waals surface area contributed by atoms with Gasteiger partial charge in [-0.05, 0) is 44.9 Å². The lowest BCUT2D eigenvalue weighted by Gasteiger charge is -2.23. The Hall–Kier alpha value is -1.17. The topological polar surface area (TPSA) is 89.8 Å². The standard InChI is InChI=1S/C58H113NO4/c1-3-5-7-9-11-13-15-17-19-20-21-22-23-24-25-26-27-28-29-30-31-32-33-34-35-36-38-39-41-43-45-47-49-51-55(61)53-58(63)59-56(54-60)57(62)52-50-48-46-44-42-40-37-18-16-14-12-10-8-6-4-2/h23-24,26-27,55-57,60-62H,3-22,25,28-54H2,1-2H3,(H,59,63)/b24-23-,27-26-. The molecule has 5 heteroatoms. The molecule has 0 aromatic rings. The van der Waals surface area contributed by atoms with E-state index in [1.807, 2.05) is 0 Å². The number of allylic oxidation sites excluding steroid dienone is 4. The Bertz CT molecular complexity index is 936. The molecule has 0 saturated heterocycles. The second-order valence-corrected chi connectivity index (χ2v) is 19.9. The van der Waals surface area contributed by atoms with Gasteiger partial charge in [0.15, 0.2) is 0 Å². The van der Waals surface area contributed by atoms with E-state index in [0.29, 0.717) is 12.8 Å². The van der Waals surface area contributed by atoms with Gasteiger partial charge in [0.25, 0.3) is 0 Å². The number of aliphatic hydroxyl groups is 3. The van der Waals surface area contributed by atoms with Crippen molar-refractivity contribution in [1.29, 1.82) is 0 Å². The van der Waals surface area contributed by atoms with Gasteiger partial charge in [-0.15, -0.1) is 0 Å². The summed E-state index contributed by atoms with van der Waals surface area (Å²) >= 11 is 0. The first-order valence-electron chi connectivity index (χ1n) is 28.6. The van der Waals surface area contributed by atoms with E-state index in [2.05, 4.69) is 43.5 Å². The maximum atomic E-state index is 12.5. The first-order valence-corrected chi connectivity index (χ1v) is 28.6. The smallest absolute Gasteiger partial charge is 0.222 e. The molecule has 374 valence electrons. The summed E-state index contributed by atoms with van der Waals surface area (Å²) < 4.78 is 0. The van der Waals surface area contributed by atoms with Gasteiger partial charge in [0, 0.05) is 0 Å². The summed E-state index contributed by atoms with van der Waals surface area (Å²) in [6.45, 7) is 4.29. The zero-order chi connectivity index (χ0) is 45.8. The van der Waals surface area contributed by atoms with E-state index in [1.165, 1.54) is 250 Å². The highest BCUT2D eigenvalue weighted by Crippen LogP contribution is 2.18. The molecule has 3 atom stereocenters. The number of amides is 1. The summed E-state index contributed by atoms with van der Waals surface area (Å²) in [5, 5.41) is 33.6.